The summed E-state index contributed by atoms with van der Waals surface area (Å²) in [4.78, 5) is 0. The van der Waals surface area contributed by atoms with Gasteiger partial charge in [0.05, 0.1) is 0 Å². The topological polar surface area (TPSA) is 48.4 Å². The largest absolute Gasteiger partial charge is 0.459 e. The van der Waals surface area contributed by atoms with Crippen molar-refractivity contribution in [1.82, 2.24) is 0 Å². The quantitative estimate of drug-likeness (QED) is 0.808. The van der Waals surface area contributed by atoms with Crippen molar-refractivity contribution in [2.75, 3.05) is 13.2 Å². The molecule has 0 amide bonds. The highest BCUT2D eigenvalue weighted by molar-refractivity contribution is 5.63. The van der Waals surface area contributed by atoms with Crippen LogP contribution in [0.2, 0.25) is 0 Å². The van der Waals surface area contributed by atoms with Gasteiger partial charge in [0.15, 0.2) is 0 Å². The molecule has 1 heterocycles. The number of hydrogen-bond acceptors (Lipinski definition) is 3. The summed E-state index contributed by atoms with van der Waals surface area (Å²) in [5.41, 5.74) is 9.01. The van der Waals surface area contributed by atoms with E-state index in [1.54, 1.807) is 0 Å². The van der Waals surface area contributed by atoms with Gasteiger partial charge < -0.3 is 14.9 Å². The van der Waals surface area contributed by atoms with Gasteiger partial charge in [-0.05, 0) is 50.6 Å². The van der Waals surface area contributed by atoms with Crippen molar-refractivity contribution in [2.45, 2.75) is 26.9 Å². The second-order valence-corrected chi connectivity index (χ2v) is 4.78. The maximum atomic E-state index is 5.83. The van der Waals surface area contributed by atoms with Gasteiger partial charge in [0.25, 0.3) is 0 Å². The summed E-state index contributed by atoms with van der Waals surface area (Å²) in [5.74, 6) is 1.76. The highest BCUT2D eigenvalue weighted by Gasteiger charge is 2.07. The molecular weight excluding hydrogens is 238 g/mol. The first-order valence-corrected chi connectivity index (χ1v) is 6.65. The van der Waals surface area contributed by atoms with E-state index in [1.807, 2.05) is 12.1 Å². The molecule has 0 spiro atoms. The standard InChI is InChI=1S/C16H21NO2/c1-12-4-5-13(2)15(10-12)16-7-6-14(19-16)11-18-9-3-8-17/h4-7,10H,3,8-9,11,17H2,1-2H3. The summed E-state index contributed by atoms with van der Waals surface area (Å²) in [7, 11) is 0. The van der Waals surface area contributed by atoms with E-state index in [-0.39, 0.29) is 0 Å². The Morgan fingerprint density at radius 1 is 1.16 bits per heavy atom. The number of aryl methyl sites for hydroxylation is 2. The lowest BCUT2D eigenvalue weighted by Crippen LogP contribution is -2.03. The summed E-state index contributed by atoms with van der Waals surface area (Å²) < 4.78 is 11.3. The number of nitrogens with two attached hydrogens (primary N) is 1. The van der Waals surface area contributed by atoms with E-state index >= 15 is 0 Å². The van der Waals surface area contributed by atoms with E-state index in [2.05, 4.69) is 32.0 Å². The van der Waals surface area contributed by atoms with Gasteiger partial charge in [0.1, 0.15) is 18.1 Å². The Morgan fingerprint density at radius 3 is 2.79 bits per heavy atom. The van der Waals surface area contributed by atoms with Gasteiger partial charge in [0, 0.05) is 12.2 Å². The van der Waals surface area contributed by atoms with Crippen LogP contribution in [-0.4, -0.2) is 13.2 Å². The molecule has 0 radical (unpaired) electrons. The summed E-state index contributed by atoms with van der Waals surface area (Å²) in [6.45, 7) is 6.02. The fraction of sp³-hybridized carbons (Fsp3) is 0.375. The average Bonchev–Trinajstić information content (AvgIpc) is 2.86. The Kier molecular flexibility index (Phi) is 4.77. The zero-order valence-electron chi connectivity index (χ0n) is 11.6. The molecule has 102 valence electrons. The fourth-order valence-corrected chi connectivity index (χ4v) is 1.96. The summed E-state index contributed by atoms with van der Waals surface area (Å²) in [6, 6.07) is 10.3. The van der Waals surface area contributed by atoms with Crippen molar-refractivity contribution >= 4 is 0 Å². The van der Waals surface area contributed by atoms with Crippen molar-refractivity contribution < 1.29 is 9.15 Å². The molecule has 0 atom stereocenters. The lowest BCUT2D eigenvalue weighted by molar-refractivity contribution is 0.106. The number of benzene rings is 1. The third kappa shape index (κ3) is 3.69. The first-order valence-electron chi connectivity index (χ1n) is 6.65. The second-order valence-electron chi connectivity index (χ2n) is 4.78. The minimum Gasteiger partial charge on any atom is -0.459 e. The molecule has 0 saturated heterocycles. The normalized spacial score (nSPS) is 10.9. The van der Waals surface area contributed by atoms with Gasteiger partial charge in [-0.1, -0.05) is 17.7 Å². The van der Waals surface area contributed by atoms with E-state index in [4.69, 9.17) is 14.9 Å². The van der Waals surface area contributed by atoms with Crippen LogP contribution in [0, 0.1) is 13.8 Å². The Bertz CT molecular complexity index is 531. The molecule has 19 heavy (non-hydrogen) atoms. The zero-order valence-corrected chi connectivity index (χ0v) is 11.6. The molecule has 0 aliphatic heterocycles. The van der Waals surface area contributed by atoms with Gasteiger partial charge in [-0.25, -0.2) is 0 Å². The highest BCUT2D eigenvalue weighted by atomic mass is 16.5. The fourth-order valence-electron chi connectivity index (χ4n) is 1.96. The van der Waals surface area contributed by atoms with E-state index in [0.29, 0.717) is 19.8 Å². The van der Waals surface area contributed by atoms with Gasteiger partial charge >= 0.3 is 0 Å². The summed E-state index contributed by atoms with van der Waals surface area (Å²) in [5, 5.41) is 0. The van der Waals surface area contributed by atoms with Crippen LogP contribution in [0.5, 0.6) is 0 Å². The van der Waals surface area contributed by atoms with E-state index in [1.165, 1.54) is 11.1 Å². The first kappa shape index (κ1) is 13.8. The first-order chi connectivity index (χ1) is 9.20. The van der Waals surface area contributed by atoms with Crippen LogP contribution in [-0.2, 0) is 11.3 Å². The number of furan rings is 1. The van der Waals surface area contributed by atoms with Crippen LogP contribution in [0.4, 0.5) is 0 Å². The van der Waals surface area contributed by atoms with E-state index < -0.39 is 0 Å². The highest BCUT2D eigenvalue weighted by Crippen LogP contribution is 2.26. The molecule has 1 aromatic heterocycles. The Hall–Kier alpha value is -1.58. The SMILES string of the molecule is Cc1ccc(C)c(-c2ccc(COCCCN)o2)c1. The molecular formula is C16H21NO2. The molecule has 0 bridgehead atoms. The molecule has 3 heteroatoms. The van der Waals surface area contributed by atoms with Gasteiger partial charge in [-0.2, -0.15) is 0 Å². The van der Waals surface area contributed by atoms with Crippen LogP contribution in [0.15, 0.2) is 34.7 Å². The van der Waals surface area contributed by atoms with Crippen molar-refractivity contribution in [3.63, 3.8) is 0 Å². The number of hydrogen-bond donors (Lipinski definition) is 1. The maximum Gasteiger partial charge on any atom is 0.134 e. The molecule has 2 aromatic rings. The average molecular weight is 259 g/mol. The Labute approximate surface area is 114 Å². The van der Waals surface area contributed by atoms with Crippen molar-refractivity contribution in [3.8, 4) is 11.3 Å². The predicted octanol–water partition coefficient (Wildman–Crippen LogP) is 3.43. The van der Waals surface area contributed by atoms with E-state index in [0.717, 1.165) is 23.5 Å². The molecule has 1 aromatic carbocycles. The van der Waals surface area contributed by atoms with E-state index in [9.17, 15) is 0 Å². The van der Waals surface area contributed by atoms with Gasteiger partial charge in [0.2, 0.25) is 0 Å². The molecule has 0 aliphatic carbocycles. The minimum atomic E-state index is 0.505. The van der Waals surface area contributed by atoms with Gasteiger partial charge in [-0.3, -0.25) is 0 Å². The van der Waals surface area contributed by atoms with Crippen molar-refractivity contribution in [2.24, 2.45) is 5.73 Å². The maximum absolute atomic E-state index is 5.83. The van der Waals surface area contributed by atoms with Crippen LogP contribution in [0.25, 0.3) is 11.3 Å². The minimum absolute atomic E-state index is 0.505. The summed E-state index contributed by atoms with van der Waals surface area (Å²) >= 11 is 0. The molecule has 2 rings (SSSR count). The smallest absolute Gasteiger partial charge is 0.134 e. The number of rotatable bonds is 6. The summed E-state index contributed by atoms with van der Waals surface area (Å²) in [6.07, 6.45) is 0.880. The lowest BCUT2D eigenvalue weighted by Gasteiger charge is -2.04. The zero-order chi connectivity index (χ0) is 13.7. The predicted molar refractivity (Wildman–Crippen MR) is 76.9 cm³/mol. The van der Waals surface area contributed by atoms with Gasteiger partial charge in [-0.15, -0.1) is 0 Å². The molecule has 0 unspecified atom stereocenters. The van der Waals surface area contributed by atoms with Crippen molar-refractivity contribution in [3.05, 3.63) is 47.2 Å². The third-order valence-corrected chi connectivity index (χ3v) is 3.06. The molecule has 2 N–H and O–H groups in total. The third-order valence-electron chi connectivity index (χ3n) is 3.06. The second kappa shape index (κ2) is 6.55. The van der Waals surface area contributed by atoms with Crippen LogP contribution in [0.3, 0.4) is 0 Å². The molecule has 3 nitrogen and oxygen atoms in total. The van der Waals surface area contributed by atoms with Crippen LogP contribution >= 0.6 is 0 Å². The monoisotopic (exact) mass is 259 g/mol. The van der Waals surface area contributed by atoms with Crippen LogP contribution in [0.1, 0.15) is 23.3 Å². The Morgan fingerprint density at radius 2 is 2.00 bits per heavy atom. The number of ether oxygens (including phenoxy) is 1. The lowest BCUT2D eigenvalue weighted by atomic mass is 10.0. The molecule has 0 fully saturated rings. The molecule has 0 saturated carbocycles. The van der Waals surface area contributed by atoms with Crippen molar-refractivity contribution in [1.29, 1.82) is 0 Å². The molecule has 0 aliphatic rings. The van der Waals surface area contributed by atoms with Crippen LogP contribution < -0.4 is 5.73 Å². The Balaban J connectivity index is 2.06.